The molecule has 0 saturated heterocycles. The monoisotopic (exact) mass is 160 g/mol. The van der Waals surface area contributed by atoms with Gasteiger partial charge < -0.3 is 4.74 Å². The molecule has 0 aliphatic rings. The topological polar surface area (TPSA) is 9.23 Å². The van der Waals surface area contributed by atoms with Gasteiger partial charge in [0.1, 0.15) is 0 Å². The molecule has 0 heterocycles. The third kappa shape index (κ3) is 17.8. The van der Waals surface area contributed by atoms with Crippen LogP contribution in [0.4, 0.5) is 0 Å². The van der Waals surface area contributed by atoms with Crippen LogP contribution in [0, 0.1) is 5.92 Å². The third-order valence-electron chi connectivity index (χ3n) is 1.80. The van der Waals surface area contributed by atoms with Gasteiger partial charge in [0, 0.05) is 13.7 Å². The number of hydrogen-bond donors (Lipinski definition) is 0. The van der Waals surface area contributed by atoms with Crippen molar-refractivity contribution in [2.75, 3.05) is 13.7 Å². The summed E-state index contributed by atoms with van der Waals surface area (Å²) in [5.74, 6) is 0.935. The summed E-state index contributed by atoms with van der Waals surface area (Å²) >= 11 is 0. The first-order valence-electron chi connectivity index (χ1n) is 4.71. The number of methoxy groups -OCH3 is 1. The van der Waals surface area contributed by atoms with Crippen molar-refractivity contribution in [3.05, 3.63) is 0 Å². The maximum atomic E-state index is 4.69. The summed E-state index contributed by atoms with van der Waals surface area (Å²) in [4.78, 5) is 0. The van der Waals surface area contributed by atoms with Crippen LogP contribution in [0.15, 0.2) is 0 Å². The zero-order valence-corrected chi connectivity index (χ0v) is 8.81. The molecule has 0 N–H and O–H groups in total. The van der Waals surface area contributed by atoms with Crippen molar-refractivity contribution in [2.45, 2.75) is 47.0 Å². The number of rotatable bonds is 4. The molecule has 0 bridgehead atoms. The van der Waals surface area contributed by atoms with Crippen molar-refractivity contribution in [3.8, 4) is 0 Å². The Kier molecular flexibility index (Phi) is 15.5. The van der Waals surface area contributed by atoms with E-state index in [4.69, 9.17) is 4.74 Å². The molecule has 0 spiro atoms. The summed E-state index contributed by atoms with van der Waals surface area (Å²) in [5.41, 5.74) is 0. The van der Waals surface area contributed by atoms with Crippen molar-refractivity contribution in [2.24, 2.45) is 5.92 Å². The molecule has 0 fully saturated rings. The van der Waals surface area contributed by atoms with Crippen LogP contribution in [0.2, 0.25) is 0 Å². The van der Waals surface area contributed by atoms with E-state index in [1.54, 1.807) is 7.11 Å². The molecule has 70 valence electrons. The molecule has 0 amide bonds. The minimum atomic E-state index is 0.889. The van der Waals surface area contributed by atoms with Gasteiger partial charge in [0.15, 0.2) is 0 Å². The van der Waals surface area contributed by atoms with Crippen molar-refractivity contribution in [3.63, 3.8) is 0 Å². The van der Waals surface area contributed by atoms with E-state index in [-0.39, 0.29) is 0 Å². The Labute approximate surface area is 72.1 Å². The standard InChI is InChI=1S/C6H14.C4H10O/c1-4-6(3)5-2;1-3-4-5-2/h6H,4-5H2,1-3H3;3-4H2,1-2H3. The van der Waals surface area contributed by atoms with Crippen LogP contribution in [0.3, 0.4) is 0 Å². The Hall–Kier alpha value is -0.0400. The molecular formula is C10H24O. The first-order valence-corrected chi connectivity index (χ1v) is 4.71. The Balaban J connectivity index is 0. The predicted molar refractivity (Wildman–Crippen MR) is 51.9 cm³/mol. The zero-order chi connectivity index (χ0) is 9.11. The number of hydrogen-bond acceptors (Lipinski definition) is 1. The average Bonchev–Trinajstić information content (AvgIpc) is 2.06. The molecule has 1 nitrogen and oxygen atoms in total. The highest BCUT2D eigenvalue weighted by molar-refractivity contribution is 4.41. The van der Waals surface area contributed by atoms with Gasteiger partial charge >= 0.3 is 0 Å². The zero-order valence-electron chi connectivity index (χ0n) is 8.81. The van der Waals surface area contributed by atoms with Gasteiger partial charge in [0.2, 0.25) is 0 Å². The molecule has 0 rings (SSSR count). The lowest BCUT2D eigenvalue weighted by Gasteiger charge is -1.98. The van der Waals surface area contributed by atoms with Crippen LogP contribution in [0.5, 0.6) is 0 Å². The maximum absolute atomic E-state index is 4.69. The SMILES string of the molecule is CCC(C)CC.CCCOC. The molecule has 0 aromatic heterocycles. The second-order valence-corrected chi connectivity index (χ2v) is 2.91. The van der Waals surface area contributed by atoms with Crippen molar-refractivity contribution >= 4 is 0 Å². The van der Waals surface area contributed by atoms with E-state index in [0.717, 1.165) is 18.9 Å². The fourth-order valence-corrected chi connectivity index (χ4v) is 0.493. The largest absolute Gasteiger partial charge is 0.385 e. The second kappa shape index (κ2) is 12.6. The second-order valence-electron chi connectivity index (χ2n) is 2.91. The van der Waals surface area contributed by atoms with Gasteiger partial charge in [-0.05, 0) is 12.3 Å². The van der Waals surface area contributed by atoms with E-state index in [1.807, 2.05) is 0 Å². The molecule has 0 saturated carbocycles. The van der Waals surface area contributed by atoms with Crippen molar-refractivity contribution in [1.82, 2.24) is 0 Å². The lowest BCUT2D eigenvalue weighted by atomic mass is 10.1. The van der Waals surface area contributed by atoms with Gasteiger partial charge in [-0.2, -0.15) is 0 Å². The fraction of sp³-hybridized carbons (Fsp3) is 1.00. The summed E-state index contributed by atoms with van der Waals surface area (Å²) in [5, 5.41) is 0. The molecule has 11 heavy (non-hydrogen) atoms. The molecule has 0 aliphatic heterocycles. The third-order valence-corrected chi connectivity index (χ3v) is 1.80. The first kappa shape index (κ1) is 13.5. The Morgan fingerprint density at radius 2 is 1.55 bits per heavy atom. The molecular weight excluding hydrogens is 136 g/mol. The minimum Gasteiger partial charge on any atom is -0.385 e. The summed E-state index contributed by atoms with van der Waals surface area (Å²) in [7, 11) is 1.71. The van der Waals surface area contributed by atoms with Crippen LogP contribution < -0.4 is 0 Å². The van der Waals surface area contributed by atoms with Gasteiger partial charge in [-0.25, -0.2) is 0 Å². The Morgan fingerprint density at radius 3 is 1.55 bits per heavy atom. The molecule has 0 aromatic rings. The highest BCUT2D eigenvalue weighted by atomic mass is 16.5. The van der Waals surface area contributed by atoms with E-state index >= 15 is 0 Å². The first-order chi connectivity index (χ1) is 5.22. The Bertz CT molecular complexity index is 46.8. The van der Waals surface area contributed by atoms with Crippen LogP contribution in [-0.4, -0.2) is 13.7 Å². The fourth-order valence-electron chi connectivity index (χ4n) is 0.493. The number of ether oxygens (including phenoxy) is 1. The highest BCUT2D eigenvalue weighted by Gasteiger charge is 1.88. The van der Waals surface area contributed by atoms with E-state index in [9.17, 15) is 0 Å². The van der Waals surface area contributed by atoms with Gasteiger partial charge in [-0.15, -0.1) is 0 Å². The predicted octanol–water partition coefficient (Wildman–Crippen LogP) is 3.49. The molecule has 0 aliphatic carbocycles. The van der Waals surface area contributed by atoms with Crippen LogP contribution in [-0.2, 0) is 4.74 Å². The van der Waals surface area contributed by atoms with E-state index < -0.39 is 0 Å². The summed E-state index contributed by atoms with van der Waals surface area (Å²) < 4.78 is 4.69. The van der Waals surface area contributed by atoms with Gasteiger partial charge in [-0.3, -0.25) is 0 Å². The van der Waals surface area contributed by atoms with Gasteiger partial charge in [0.05, 0.1) is 0 Å². The normalized spacial score (nSPS) is 9.27. The molecule has 0 aromatic carbocycles. The summed E-state index contributed by atoms with van der Waals surface area (Å²) in [6.07, 6.45) is 3.78. The van der Waals surface area contributed by atoms with Crippen LogP contribution >= 0.6 is 0 Å². The quantitative estimate of drug-likeness (QED) is 0.611. The minimum absolute atomic E-state index is 0.889. The molecule has 0 unspecified atom stereocenters. The van der Waals surface area contributed by atoms with Crippen molar-refractivity contribution in [1.29, 1.82) is 0 Å². The smallest absolute Gasteiger partial charge is 0.0459 e. The van der Waals surface area contributed by atoms with E-state index in [1.165, 1.54) is 12.8 Å². The highest BCUT2D eigenvalue weighted by Crippen LogP contribution is 2.02. The maximum Gasteiger partial charge on any atom is 0.0459 e. The molecule has 0 atom stereocenters. The molecule has 1 heteroatoms. The lowest BCUT2D eigenvalue weighted by Crippen LogP contribution is -1.85. The summed E-state index contributed by atoms with van der Waals surface area (Å²) in [6.45, 7) is 9.71. The van der Waals surface area contributed by atoms with Crippen LogP contribution in [0.1, 0.15) is 47.0 Å². The van der Waals surface area contributed by atoms with Crippen molar-refractivity contribution < 1.29 is 4.74 Å². The Morgan fingerprint density at radius 1 is 1.09 bits per heavy atom. The van der Waals surface area contributed by atoms with Crippen LogP contribution in [0.25, 0.3) is 0 Å². The lowest BCUT2D eigenvalue weighted by molar-refractivity contribution is 0.199. The summed E-state index contributed by atoms with van der Waals surface area (Å²) in [6, 6.07) is 0. The van der Waals surface area contributed by atoms with E-state index in [2.05, 4.69) is 27.7 Å². The average molecular weight is 160 g/mol. The van der Waals surface area contributed by atoms with E-state index in [0.29, 0.717) is 0 Å². The van der Waals surface area contributed by atoms with Gasteiger partial charge in [-0.1, -0.05) is 40.5 Å². The molecule has 0 radical (unpaired) electrons. The van der Waals surface area contributed by atoms with Gasteiger partial charge in [0.25, 0.3) is 0 Å².